The first-order valence-corrected chi connectivity index (χ1v) is 7.47. The van der Waals surface area contributed by atoms with Gasteiger partial charge in [0.25, 0.3) is 0 Å². The Balaban J connectivity index is 2.04. The molecule has 0 spiro atoms. The molecule has 120 valence electrons. The number of esters is 1. The van der Waals surface area contributed by atoms with E-state index in [1.807, 2.05) is 48.5 Å². The van der Waals surface area contributed by atoms with Crippen molar-refractivity contribution in [2.45, 2.75) is 20.5 Å². The van der Waals surface area contributed by atoms with Crippen LogP contribution in [0.4, 0.5) is 0 Å². The molecule has 0 saturated carbocycles. The molecule has 2 rings (SSSR count). The summed E-state index contributed by atoms with van der Waals surface area (Å²) in [5.74, 6) is 1.20. The van der Waals surface area contributed by atoms with Crippen molar-refractivity contribution in [1.29, 1.82) is 0 Å². The third-order valence-electron chi connectivity index (χ3n) is 2.96. The van der Waals surface area contributed by atoms with Crippen LogP contribution in [0.15, 0.2) is 66.4 Å². The molecule has 0 aliphatic rings. The van der Waals surface area contributed by atoms with E-state index in [4.69, 9.17) is 14.2 Å². The van der Waals surface area contributed by atoms with Gasteiger partial charge < -0.3 is 14.2 Å². The Morgan fingerprint density at radius 1 is 1.00 bits per heavy atom. The Kier molecular flexibility index (Phi) is 6.24. The monoisotopic (exact) mass is 312 g/mol. The molecule has 0 N–H and O–H groups in total. The molecule has 0 heterocycles. The lowest BCUT2D eigenvalue weighted by Crippen LogP contribution is -2.03. The second-order valence-electron chi connectivity index (χ2n) is 4.83. The lowest BCUT2D eigenvalue weighted by Gasteiger charge is -2.12. The fraction of sp³-hybridized carbons (Fsp3) is 0.211. The van der Waals surface area contributed by atoms with Crippen LogP contribution in [-0.2, 0) is 16.1 Å². The van der Waals surface area contributed by atoms with Gasteiger partial charge in [-0.05, 0) is 31.5 Å². The summed E-state index contributed by atoms with van der Waals surface area (Å²) in [5.41, 5.74) is 1.07. The molecule has 2 aromatic carbocycles. The minimum Gasteiger partial charge on any atom is -0.485 e. The van der Waals surface area contributed by atoms with Gasteiger partial charge in [0.2, 0.25) is 0 Å². The molecule has 0 radical (unpaired) electrons. The molecule has 23 heavy (non-hydrogen) atoms. The summed E-state index contributed by atoms with van der Waals surface area (Å²) in [6.45, 7) is 4.24. The molecule has 0 amide bonds. The second-order valence-corrected chi connectivity index (χ2v) is 4.83. The van der Waals surface area contributed by atoms with Gasteiger partial charge >= 0.3 is 5.97 Å². The van der Waals surface area contributed by atoms with Crippen molar-refractivity contribution in [1.82, 2.24) is 0 Å². The van der Waals surface area contributed by atoms with Crippen molar-refractivity contribution in [3.63, 3.8) is 0 Å². The standard InChI is InChI=1S/C19H20O4/c1-3-21-19(20)13-15(2)23-18-12-8-7-11-17(18)22-14-16-9-5-4-6-10-16/h4-13H,3,14H2,1-2H3/b15-13+. The third kappa shape index (κ3) is 5.51. The Morgan fingerprint density at radius 2 is 1.65 bits per heavy atom. The van der Waals surface area contributed by atoms with E-state index in [0.717, 1.165) is 5.56 Å². The number of carbonyl (C=O) groups excluding carboxylic acids is 1. The van der Waals surface area contributed by atoms with Gasteiger partial charge in [-0.15, -0.1) is 0 Å². The van der Waals surface area contributed by atoms with Crippen molar-refractivity contribution in [2.75, 3.05) is 6.61 Å². The molecule has 0 aromatic heterocycles. The van der Waals surface area contributed by atoms with Gasteiger partial charge in [-0.3, -0.25) is 0 Å². The average Bonchev–Trinajstić information content (AvgIpc) is 2.55. The fourth-order valence-corrected chi connectivity index (χ4v) is 1.94. The van der Waals surface area contributed by atoms with Gasteiger partial charge in [-0.25, -0.2) is 4.79 Å². The molecule has 0 atom stereocenters. The van der Waals surface area contributed by atoms with Crippen LogP contribution >= 0.6 is 0 Å². The zero-order valence-corrected chi connectivity index (χ0v) is 13.3. The number of rotatable bonds is 7. The van der Waals surface area contributed by atoms with Crippen LogP contribution in [0.25, 0.3) is 0 Å². The van der Waals surface area contributed by atoms with Crippen LogP contribution < -0.4 is 9.47 Å². The van der Waals surface area contributed by atoms with Crippen LogP contribution in [0.1, 0.15) is 19.4 Å². The Hall–Kier alpha value is -2.75. The predicted octanol–water partition coefficient (Wildman–Crippen LogP) is 4.11. The number of allylic oxidation sites excluding steroid dienone is 1. The number of para-hydroxylation sites is 2. The lowest BCUT2D eigenvalue weighted by molar-refractivity contribution is -0.137. The van der Waals surface area contributed by atoms with E-state index in [1.54, 1.807) is 19.9 Å². The summed E-state index contributed by atoms with van der Waals surface area (Å²) in [6, 6.07) is 17.2. The number of hydrogen-bond donors (Lipinski definition) is 0. The number of hydrogen-bond acceptors (Lipinski definition) is 4. The number of ether oxygens (including phenoxy) is 3. The summed E-state index contributed by atoms with van der Waals surface area (Å²) in [7, 11) is 0. The Morgan fingerprint density at radius 3 is 2.35 bits per heavy atom. The quantitative estimate of drug-likeness (QED) is 0.438. The first-order chi connectivity index (χ1) is 11.2. The van der Waals surface area contributed by atoms with Crippen molar-refractivity contribution in [3.8, 4) is 11.5 Å². The third-order valence-corrected chi connectivity index (χ3v) is 2.96. The highest BCUT2D eigenvalue weighted by Gasteiger charge is 2.07. The summed E-state index contributed by atoms with van der Waals surface area (Å²) < 4.78 is 16.4. The highest BCUT2D eigenvalue weighted by Crippen LogP contribution is 2.28. The van der Waals surface area contributed by atoms with Crippen molar-refractivity contribution >= 4 is 5.97 Å². The van der Waals surface area contributed by atoms with E-state index in [9.17, 15) is 4.79 Å². The molecule has 0 unspecified atom stereocenters. The maximum absolute atomic E-state index is 11.4. The van der Waals surface area contributed by atoms with Crippen molar-refractivity contribution in [2.24, 2.45) is 0 Å². The molecule has 0 bridgehead atoms. The highest BCUT2D eigenvalue weighted by atomic mass is 16.5. The van der Waals surface area contributed by atoms with Gasteiger partial charge in [0.05, 0.1) is 12.7 Å². The summed E-state index contributed by atoms with van der Waals surface area (Å²) in [6.07, 6.45) is 1.32. The molecular weight excluding hydrogens is 292 g/mol. The van der Waals surface area contributed by atoms with Gasteiger partial charge in [0.1, 0.15) is 12.4 Å². The van der Waals surface area contributed by atoms with E-state index < -0.39 is 5.97 Å². The molecule has 0 aliphatic carbocycles. The van der Waals surface area contributed by atoms with Crippen LogP contribution in [0.3, 0.4) is 0 Å². The van der Waals surface area contributed by atoms with Crippen LogP contribution in [0, 0.1) is 0 Å². The SMILES string of the molecule is CCOC(=O)/C=C(\C)Oc1ccccc1OCc1ccccc1. The molecule has 0 saturated heterocycles. The minimum atomic E-state index is -0.423. The number of carbonyl (C=O) groups is 1. The van der Waals surface area contributed by atoms with E-state index >= 15 is 0 Å². The maximum Gasteiger partial charge on any atom is 0.334 e. The topological polar surface area (TPSA) is 44.8 Å². The lowest BCUT2D eigenvalue weighted by atomic mass is 10.2. The smallest absolute Gasteiger partial charge is 0.334 e. The highest BCUT2D eigenvalue weighted by molar-refractivity contribution is 5.82. The molecule has 4 nitrogen and oxygen atoms in total. The summed E-state index contributed by atoms with van der Waals surface area (Å²) in [4.78, 5) is 11.4. The van der Waals surface area contributed by atoms with Gasteiger partial charge in [0, 0.05) is 0 Å². The summed E-state index contributed by atoms with van der Waals surface area (Å²) >= 11 is 0. The van der Waals surface area contributed by atoms with Crippen molar-refractivity contribution in [3.05, 3.63) is 72.0 Å². The van der Waals surface area contributed by atoms with E-state index in [0.29, 0.717) is 30.5 Å². The molecule has 2 aromatic rings. The maximum atomic E-state index is 11.4. The fourth-order valence-electron chi connectivity index (χ4n) is 1.94. The summed E-state index contributed by atoms with van der Waals surface area (Å²) in [5, 5.41) is 0. The average molecular weight is 312 g/mol. The molecule has 0 fully saturated rings. The largest absolute Gasteiger partial charge is 0.485 e. The minimum absolute atomic E-state index is 0.333. The molecule has 4 heteroatoms. The van der Waals surface area contributed by atoms with Gasteiger partial charge in [0.15, 0.2) is 11.5 Å². The van der Waals surface area contributed by atoms with Crippen LogP contribution in [0.2, 0.25) is 0 Å². The second kappa shape index (κ2) is 8.63. The first kappa shape index (κ1) is 16.6. The normalized spacial score (nSPS) is 11.0. The van der Waals surface area contributed by atoms with E-state index in [2.05, 4.69) is 0 Å². The van der Waals surface area contributed by atoms with Crippen LogP contribution in [0.5, 0.6) is 11.5 Å². The van der Waals surface area contributed by atoms with Gasteiger partial charge in [-0.1, -0.05) is 42.5 Å². The predicted molar refractivity (Wildman–Crippen MR) is 88.2 cm³/mol. The molecular formula is C19H20O4. The first-order valence-electron chi connectivity index (χ1n) is 7.47. The van der Waals surface area contributed by atoms with Crippen LogP contribution in [-0.4, -0.2) is 12.6 Å². The van der Waals surface area contributed by atoms with Crippen molar-refractivity contribution < 1.29 is 19.0 Å². The molecule has 0 aliphatic heterocycles. The van der Waals surface area contributed by atoms with E-state index in [-0.39, 0.29) is 0 Å². The van der Waals surface area contributed by atoms with E-state index in [1.165, 1.54) is 6.08 Å². The Labute approximate surface area is 136 Å². The number of benzene rings is 2. The van der Waals surface area contributed by atoms with Gasteiger partial charge in [-0.2, -0.15) is 0 Å². The Bertz CT molecular complexity index is 662. The zero-order chi connectivity index (χ0) is 16.5. The zero-order valence-electron chi connectivity index (χ0n) is 13.3.